The van der Waals surface area contributed by atoms with Crippen molar-refractivity contribution in [2.24, 2.45) is 0 Å². The van der Waals surface area contributed by atoms with E-state index in [1.807, 2.05) is 55.5 Å². The summed E-state index contributed by atoms with van der Waals surface area (Å²) >= 11 is 5.30. The van der Waals surface area contributed by atoms with Gasteiger partial charge in [-0.3, -0.25) is 10.1 Å². The molecule has 0 aliphatic carbocycles. The maximum Gasteiger partial charge on any atom is 0.261 e. The lowest BCUT2D eigenvalue weighted by Crippen LogP contribution is -2.34. The number of hydrogen-bond acceptors (Lipinski definition) is 3. The maximum absolute atomic E-state index is 12.5. The molecule has 0 aliphatic rings. The Morgan fingerprint density at radius 2 is 1.72 bits per heavy atom. The first-order valence-corrected chi connectivity index (χ1v) is 8.42. The molecule has 0 fully saturated rings. The number of hydrogen-bond donors (Lipinski definition) is 2. The Morgan fingerprint density at radius 3 is 2.56 bits per heavy atom. The number of rotatable bonds is 4. The van der Waals surface area contributed by atoms with E-state index in [1.54, 1.807) is 18.2 Å². The van der Waals surface area contributed by atoms with E-state index in [4.69, 9.17) is 17.0 Å². The number of benzene rings is 3. The zero-order valence-electron chi connectivity index (χ0n) is 13.8. The summed E-state index contributed by atoms with van der Waals surface area (Å²) in [5, 5.41) is 8.19. The number of para-hydroxylation sites is 1. The van der Waals surface area contributed by atoms with Gasteiger partial charge in [0.15, 0.2) is 5.11 Å². The fourth-order valence-electron chi connectivity index (χ4n) is 2.59. The zero-order valence-corrected chi connectivity index (χ0v) is 14.6. The average Bonchev–Trinajstić information content (AvgIpc) is 2.62. The van der Waals surface area contributed by atoms with Gasteiger partial charge in [0.2, 0.25) is 0 Å². The molecule has 3 aromatic carbocycles. The molecular weight excluding hydrogens is 332 g/mol. The summed E-state index contributed by atoms with van der Waals surface area (Å²) in [4.78, 5) is 12.5. The largest absolute Gasteiger partial charge is 0.493 e. The minimum atomic E-state index is -0.304. The van der Waals surface area contributed by atoms with Gasteiger partial charge in [0, 0.05) is 11.1 Å². The Balaban J connectivity index is 1.75. The number of fused-ring (bicyclic) bond motifs is 1. The van der Waals surface area contributed by atoms with Crippen LogP contribution in [0, 0.1) is 0 Å². The van der Waals surface area contributed by atoms with Gasteiger partial charge in [0.1, 0.15) is 5.75 Å². The number of carbonyl (C=O) groups is 1. The number of anilines is 1. The van der Waals surface area contributed by atoms with E-state index in [0.29, 0.717) is 17.9 Å². The molecule has 3 rings (SSSR count). The number of carbonyl (C=O) groups excluding carboxylic acids is 1. The Labute approximate surface area is 151 Å². The van der Waals surface area contributed by atoms with E-state index < -0.39 is 0 Å². The second-order valence-corrected chi connectivity index (χ2v) is 5.77. The van der Waals surface area contributed by atoms with Crippen molar-refractivity contribution in [3.63, 3.8) is 0 Å². The van der Waals surface area contributed by atoms with Gasteiger partial charge < -0.3 is 10.1 Å². The third kappa shape index (κ3) is 3.95. The monoisotopic (exact) mass is 350 g/mol. The van der Waals surface area contributed by atoms with Gasteiger partial charge in [-0.1, -0.05) is 48.5 Å². The van der Waals surface area contributed by atoms with Crippen molar-refractivity contribution >= 4 is 39.7 Å². The molecule has 0 atom stereocenters. The second-order valence-electron chi connectivity index (χ2n) is 5.36. The molecule has 0 spiro atoms. The van der Waals surface area contributed by atoms with Crippen LogP contribution in [0.5, 0.6) is 5.75 Å². The molecule has 2 N–H and O–H groups in total. The van der Waals surface area contributed by atoms with Crippen LogP contribution in [-0.2, 0) is 0 Å². The highest BCUT2D eigenvalue weighted by Gasteiger charge is 2.13. The molecule has 3 aromatic rings. The van der Waals surface area contributed by atoms with Gasteiger partial charge in [-0.05, 0) is 42.7 Å². The minimum Gasteiger partial charge on any atom is -0.493 e. The number of nitrogens with one attached hydrogen (secondary N) is 2. The van der Waals surface area contributed by atoms with Gasteiger partial charge in [-0.15, -0.1) is 0 Å². The van der Waals surface area contributed by atoms with Crippen LogP contribution >= 0.6 is 12.2 Å². The van der Waals surface area contributed by atoms with Crippen LogP contribution < -0.4 is 15.4 Å². The molecule has 126 valence electrons. The van der Waals surface area contributed by atoms with Crippen molar-refractivity contribution in [2.45, 2.75) is 6.92 Å². The molecule has 0 unspecified atom stereocenters. The molecular formula is C20H18N2O2S. The van der Waals surface area contributed by atoms with E-state index >= 15 is 0 Å². The lowest BCUT2D eigenvalue weighted by molar-refractivity contribution is 0.0974. The summed E-state index contributed by atoms with van der Waals surface area (Å²) in [6.45, 7) is 2.37. The first-order valence-electron chi connectivity index (χ1n) is 8.01. The highest BCUT2D eigenvalue weighted by atomic mass is 32.1. The minimum absolute atomic E-state index is 0.243. The zero-order chi connectivity index (χ0) is 17.6. The molecule has 5 heteroatoms. The topological polar surface area (TPSA) is 50.4 Å². The van der Waals surface area contributed by atoms with Crippen LogP contribution in [0.15, 0.2) is 66.7 Å². The SMILES string of the molecule is CCOc1ccccc1C(=O)NC(=S)Nc1cccc2ccccc12. The van der Waals surface area contributed by atoms with Crippen molar-refractivity contribution in [3.8, 4) is 5.75 Å². The molecule has 0 saturated carbocycles. The molecule has 25 heavy (non-hydrogen) atoms. The number of ether oxygens (including phenoxy) is 1. The fraction of sp³-hybridized carbons (Fsp3) is 0.100. The molecule has 0 radical (unpaired) electrons. The van der Waals surface area contributed by atoms with Crippen LogP contribution in [0.3, 0.4) is 0 Å². The molecule has 4 nitrogen and oxygen atoms in total. The van der Waals surface area contributed by atoms with Crippen LogP contribution in [0.2, 0.25) is 0 Å². The molecule has 0 saturated heterocycles. The number of thiocarbonyl (C=S) groups is 1. The average molecular weight is 350 g/mol. The Morgan fingerprint density at radius 1 is 1.00 bits per heavy atom. The molecule has 0 heterocycles. The van der Waals surface area contributed by atoms with E-state index in [1.165, 1.54) is 0 Å². The Bertz CT molecular complexity index is 919. The summed E-state index contributed by atoms with van der Waals surface area (Å²) in [5.41, 5.74) is 1.30. The van der Waals surface area contributed by atoms with Gasteiger partial charge in [0.05, 0.1) is 12.2 Å². The van der Waals surface area contributed by atoms with Gasteiger partial charge >= 0.3 is 0 Å². The lowest BCUT2D eigenvalue weighted by Gasteiger charge is -2.13. The Hall–Kier alpha value is -2.92. The highest BCUT2D eigenvalue weighted by Crippen LogP contribution is 2.23. The normalized spacial score (nSPS) is 10.3. The second kappa shape index (κ2) is 7.77. The standard InChI is InChI=1S/C20H18N2O2S/c1-2-24-18-13-6-5-11-16(18)19(23)22-20(25)21-17-12-7-9-14-8-3-4-10-15(14)17/h3-13H,2H2,1H3,(H2,21,22,23,25). The van der Waals surface area contributed by atoms with E-state index in [0.717, 1.165) is 16.5 Å². The maximum atomic E-state index is 12.5. The fourth-order valence-corrected chi connectivity index (χ4v) is 2.80. The lowest BCUT2D eigenvalue weighted by atomic mass is 10.1. The predicted octanol–water partition coefficient (Wildman–Crippen LogP) is 4.37. The van der Waals surface area contributed by atoms with Crippen LogP contribution in [-0.4, -0.2) is 17.6 Å². The van der Waals surface area contributed by atoms with Gasteiger partial charge in [-0.2, -0.15) is 0 Å². The highest BCUT2D eigenvalue weighted by molar-refractivity contribution is 7.80. The summed E-state index contributed by atoms with van der Waals surface area (Å²) in [6.07, 6.45) is 0. The molecule has 1 amide bonds. The summed E-state index contributed by atoms with van der Waals surface area (Å²) in [6, 6.07) is 21.0. The third-order valence-corrected chi connectivity index (χ3v) is 3.90. The van der Waals surface area contributed by atoms with E-state index in [2.05, 4.69) is 10.6 Å². The quantitative estimate of drug-likeness (QED) is 0.686. The van der Waals surface area contributed by atoms with Gasteiger partial charge in [-0.25, -0.2) is 0 Å². The number of amides is 1. The van der Waals surface area contributed by atoms with E-state index in [-0.39, 0.29) is 11.0 Å². The smallest absolute Gasteiger partial charge is 0.261 e. The van der Waals surface area contributed by atoms with Crippen molar-refractivity contribution in [1.82, 2.24) is 5.32 Å². The first kappa shape index (κ1) is 16.9. The van der Waals surface area contributed by atoms with Crippen molar-refractivity contribution in [3.05, 3.63) is 72.3 Å². The summed E-state index contributed by atoms with van der Waals surface area (Å²) in [5.74, 6) is 0.234. The summed E-state index contributed by atoms with van der Waals surface area (Å²) in [7, 11) is 0. The molecule has 0 bridgehead atoms. The predicted molar refractivity (Wildman–Crippen MR) is 105 cm³/mol. The van der Waals surface area contributed by atoms with Crippen molar-refractivity contribution in [1.29, 1.82) is 0 Å². The first-order chi connectivity index (χ1) is 12.2. The van der Waals surface area contributed by atoms with Crippen molar-refractivity contribution < 1.29 is 9.53 Å². The third-order valence-electron chi connectivity index (χ3n) is 3.70. The van der Waals surface area contributed by atoms with Crippen LogP contribution in [0.4, 0.5) is 5.69 Å². The van der Waals surface area contributed by atoms with Crippen LogP contribution in [0.25, 0.3) is 10.8 Å². The van der Waals surface area contributed by atoms with Crippen LogP contribution in [0.1, 0.15) is 17.3 Å². The Kier molecular flexibility index (Phi) is 5.26. The molecule has 0 aromatic heterocycles. The summed E-state index contributed by atoms with van der Waals surface area (Å²) < 4.78 is 5.49. The van der Waals surface area contributed by atoms with E-state index in [9.17, 15) is 4.79 Å². The van der Waals surface area contributed by atoms with Gasteiger partial charge in [0.25, 0.3) is 5.91 Å². The van der Waals surface area contributed by atoms with Crippen molar-refractivity contribution in [2.75, 3.05) is 11.9 Å². The molecule has 0 aliphatic heterocycles.